The molecule has 43 heavy (non-hydrogen) atoms. The van der Waals surface area contributed by atoms with E-state index in [2.05, 4.69) is 33.5 Å². The van der Waals surface area contributed by atoms with Gasteiger partial charge >= 0.3 is 12.1 Å². The Hall–Kier alpha value is -4.22. The molecule has 0 radical (unpaired) electrons. The summed E-state index contributed by atoms with van der Waals surface area (Å²) in [5, 5.41) is 28.2. The average molecular weight is 605 g/mol. The number of carboxylic acids is 1. The van der Waals surface area contributed by atoms with Crippen molar-refractivity contribution in [2.75, 3.05) is 45.2 Å². The van der Waals surface area contributed by atoms with Crippen LogP contribution in [0.5, 0.6) is 0 Å². The Morgan fingerprint density at radius 3 is 2.49 bits per heavy atom. The maximum Gasteiger partial charge on any atom is 0.490 e. The molecular weight excluding hydrogens is 569 g/mol. The number of alkyl halides is 3. The van der Waals surface area contributed by atoms with Gasteiger partial charge in [0.05, 0.1) is 19.3 Å². The summed E-state index contributed by atoms with van der Waals surface area (Å²) in [6.45, 7) is 2.29. The number of amides is 2. The van der Waals surface area contributed by atoms with E-state index >= 15 is 0 Å². The van der Waals surface area contributed by atoms with Gasteiger partial charge < -0.3 is 25.4 Å². The standard InChI is InChI=1S/C27H34N6O3.C2HF3O2/c1-32(13-14-34)18-25(35)33-11-9-19(10-12-33)21-7-8-24(23(15-21)20-5-3-2-4-6-20)31-27(36)26-29-17-22(16-28)30-26;3-2(4,5)1(6)7/h5,7-8,15,17,19,34H,2-4,6,9-14,18H2,1H3,(H,29,30)(H,31,36);(H,6,7). The van der Waals surface area contributed by atoms with Crippen LogP contribution in [-0.4, -0.2) is 93.8 Å². The van der Waals surface area contributed by atoms with Crippen molar-refractivity contribution < 1.29 is 37.8 Å². The molecule has 1 fully saturated rings. The number of aromatic nitrogens is 2. The Bertz CT molecular complexity index is 1360. The third-order valence-corrected chi connectivity index (χ3v) is 7.29. The summed E-state index contributed by atoms with van der Waals surface area (Å²) in [4.78, 5) is 44.8. The van der Waals surface area contributed by atoms with Crippen molar-refractivity contribution in [2.45, 2.75) is 50.6 Å². The highest BCUT2D eigenvalue weighted by atomic mass is 19.4. The minimum absolute atomic E-state index is 0.0451. The molecule has 232 valence electrons. The predicted molar refractivity (Wildman–Crippen MR) is 151 cm³/mol. The van der Waals surface area contributed by atoms with Crippen LogP contribution in [0.4, 0.5) is 18.9 Å². The predicted octanol–water partition coefficient (Wildman–Crippen LogP) is 3.75. The number of aliphatic carboxylic acids is 1. The van der Waals surface area contributed by atoms with Crippen LogP contribution in [0, 0.1) is 11.3 Å². The molecule has 1 aliphatic heterocycles. The van der Waals surface area contributed by atoms with Gasteiger partial charge in [-0.25, -0.2) is 9.78 Å². The van der Waals surface area contributed by atoms with E-state index in [1.54, 1.807) is 0 Å². The van der Waals surface area contributed by atoms with Crippen LogP contribution in [0.3, 0.4) is 0 Å². The summed E-state index contributed by atoms with van der Waals surface area (Å²) < 4.78 is 31.7. The quantitative estimate of drug-likeness (QED) is 0.354. The number of likely N-dealkylation sites (N-methyl/N-ethyl adjacent to an activating group) is 1. The van der Waals surface area contributed by atoms with Gasteiger partial charge in [-0.15, -0.1) is 0 Å². The zero-order valence-electron chi connectivity index (χ0n) is 23.8. The lowest BCUT2D eigenvalue weighted by Gasteiger charge is -2.33. The molecule has 2 heterocycles. The van der Waals surface area contributed by atoms with Crippen LogP contribution in [0.1, 0.15) is 71.9 Å². The highest BCUT2D eigenvalue weighted by molar-refractivity contribution is 6.03. The van der Waals surface area contributed by atoms with Crippen LogP contribution in [-0.2, 0) is 9.59 Å². The minimum Gasteiger partial charge on any atom is -0.475 e. The SMILES string of the molecule is CN(CCO)CC(=O)N1CCC(c2ccc(NC(=O)c3ncc(C#N)[nH]3)c(C3=CCCCC3)c2)CC1.O=C(O)C(F)(F)F. The topological polar surface area (TPSA) is 163 Å². The summed E-state index contributed by atoms with van der Waals surface area (Å²) in [5.41, 5.74) is 4.50. The number of allylic oxidation sites excluding steroid dienone is 2. The molecule has 1 aliphatic carbocycles. The Balaban J connectivity index is 0.000000646. The number of nitrogens with zero attached hydrogens (tertiary/aromatic N) is 4. The Labute approximate surface area is 247 Å². The molecule has 0 saturated carbocycles. The number of imidazole rings is 1. The molecule has 1 saturated heterocycles. The number of carbonyl (C=O) groups excluding carboxylic acids is 2. The normalized spacial score (nSPS) is 15.7. The molecular formula is C29H35F3N6O5. The number of carbonyl (C=O) groups is 3. The van der Waals surface area contributed by atoms with Crippen molar-refractivity contribution in [3.63, 3.8) is 0 Å². The van der Waals surface area contributed by atoms with E-state index in [9.17, 15) is 22.8 Å². The summed E-state index contributed by atoms with van der Waals surface area (Å²) in [5.74, 6) is -2.57. The molecule has 2 aliphatic rings. The molecule has 2 aromatic rings. The minimum atomic E-state index is -5.08. The highest BCUT2D eigenvalue weighted by Gasteiger charge is 2.38. The number of halogens is 3. The van der Waals surface area contributed by atoms with E-state index in [0.717, 1.165) is 43.4 Å². The number of anilines is 1. The van der Waals surface area contributed by atoms with Gasteiger partial charge in [0.2, 0.25) is 5.91 Å². The third kappa shape index (κ3) is 9.65. The van der Waals surface area contributed by atoms with Crippen LogP contribution >= 0.6 is 0 Å². The van der Waals surface area contributed by atoms with Crippen molar-refractivity contribution >= 4 is 29.0 Å². The zero-order chi connectivity index (χ0) is 31.6. The second-order valence-corrected chi connectivity index (χ2v) is 10.4. The van der Waals surface area contributed by atoms with E-state index in [-0.39, 0.29) is 29.9 Å². The Morgan fingerprint density at radius 2 is 1.93 bits per heavy atom. The first-order valence-corrected chi connectivity index (χ1v) is 13.9. The highest BCUT2D eigenvalue weighted by Crippen LogP contribution is 2.36. The number of rotatable bonds is 8. The van der Waals surface area contributed by atoms with Gasteiger partial charge in [-0.05, 0) is 74.8 Å². The van der Waals surface area contributed by atoms with Crippen LogP contribution in [0.15, 0.2) is 30.5 Å². The molecule has 0 atom stereocenters. The van der Waals surface area contributed by atoms with E-state index < -0.39 is 12.1 Å². The molecule has 4 N–H and O–H groups in total. The number of carboxylic acid groups (broad SMARTS) is 1. The number of hydrogen-bond donors (Lipinski definition) is 4. The average Bonchev–Trinajstić information content (AvgIpc) is 3.48. The fraction of sp³-hybridized carbons (Fsp3) is 0.483. The molecule has 1 aromatic carbocycles. The van der Waals surface area contributed by atoms with Gasteiger partial charge in [-0.3, -0.25) is 14.5 Å². The van der Waals surface area contributed by atoms with E-state index in [4.69, 9.17) is 20.3 Å². The first-order valence-electron chi connectivity index (χ1n) is 13.9. The van der Waals surface area contributed by atoms with Crippen LogP contribution < -0.4 is 5.32 Å². The first kappa shape index (κ1) is 33.3. The summed E-state index contributed by atoms with van der Waals surface area (Å²) in [6.07, 6.45) is 4.62. The number of aliphatic hydroxyl groups is 1. The fourth-order valence-electron chi connectivity index (χ4n) is 4.99. The molecule has 11 nitrogen and oxygen atoms in total. The van der Waals surface area contributed by atoms with Crippen molar-refractivity contribution in [3.05, 3.63) is 53.1 Å². The van der Waals surface area contributed by atoms with Gasteiger partial charge in [0, 0.05) is 30.9 Å². The first-order chi connectivity index (χ1) is 20.4. The molecule has 0 spiro atoms. The van der Waals surface area contributed by atoms with Gasteiger partial charge in [-0.1, -0.05) is 12.1 Å². The molecule has 14 heteroatoms. The smallest absolute Gasteiger partial charge is 0.475 e. The maximum atomic E-state index is 12.8. The second kappa shape index (κ2) is 15.3. The largest absolute Gasteiger partial charge is 0.490 e. The van der Waals surface area contributed by atoms with Crippen molar-refractivity contribution in [2.24, 2.45) is 0 Å². The molecule has 4 rings (SSSR count). The Morgan fingerprint density at radius 1 is 1.23 bits per heavy atom. The maximum absolute atomic E-state index is 12.8. The zero-order valence-corrected chi connectivity index (χ0v) is 23.8. The summed E-state index contributed by atoms with van der Waals surface area (Å²) >= 11 is 0. The summed E-state index contributed by atoms with van der Waals surface area (Å²) in [6, 6.07) is 8.19. The number of nitriles is 1. The molecule has 0 unspecified atom stereocenters. The third-order valence-electron chi connectivity index (χ3n) is 7.29. The van der Waals surface area contributed by atoms with Gasteiger partial charge in [-0.2, -0.15) is 18.4 Å². The van der Waals surface area contributed by atoms with E-state index in [0.29, 0.717) is 32.1 Å². The molecule has 1 aromatic heterocycles. The lowest BCUT2D eigenvalue weighted by Crippen LogP contribution is -2.43. The van der Waals surface area contributed by atoms with E-state index in [1.165, 1.54) is 23.8 Å². The molecule has 0 bridgehead atoms. The monoisotopic (exact) mass is 604 g/mol. The lowest BCUT2D eigenvalue weighted by atomic mass is 9.85. The van der Waals surface area contributed by atoms with Gasteiger partial charge in [0.25, 0.3) is 5.91 Å². The van der Waals surface area contributed by atoms with Gasteiger partial charge in [0.15, 0.2) is 5.82 Å². The number of likely N-dealkylation sites (tertiary alicyclic amines) is 1. The number of benzene rings is 1. The van der Waals surface area contributed by atoms with Crippen LogP contribution in [0.25, 0.3) is 5.57 Å². The number of piperidine rings is 1. The van der Waals surface area contributed by atoms with Crippen molar-refractivity contribution in [3.8, 4) is 6.07 Å². The number of aromatic amines is 1. The lowest BCUT2D eigenvalue weighted by molar-refractivity contribution is -0.192. The van der Waals surface area contributed by atoms with Crippen LogP contribution in [0.2, 0.25) is 0 Å². The van der Waals surface area contributed by atoms with E-state index in [1.807, 2.05) is 29.0 Å². The number of hydrogen-bond acceptors (Lipinski definition) is 7. The second-order valence-electron chi connectivity index (χ2n) is 10.4. The number of aliphatic hydroxyl groups excluding tert-OH is 1. The van der Waals surface area contributed by atoms with Crippen molar-refractivity contribution in [1.82, 2.24) is 19.8 Å². The fourth-order valence-corrected chi connectivity index (χ4v) is 4.99. The summed E-state index contributed by atoms with van der Waals surface area (Å²) in [7, 11) is 1.84. The van der Waals surface area contributed by atoms with Crippen molar-refractivity contribution in [1.29, 1.82) is 5.26 Å². The van der Waals surface area contributed by atoms with Gasteiger partial charge in [0.1, 0.15) is 11.8 Å². The Kier molecular flexibility index (Phi) is 11.8. The number of H-pyrrole nitrogens is 1. The number of nitrogens with one attached hydrogen (secondary N) is 2. The molecule has 2 amide bonds.